The largest absolute Gasteiger partial charge is 0.296 e. The van der Waals surface area contributed by atoms with Gasteiger partial charge in [0, 0.05) is 50.9 Å². The maximum absolute atomic E-state index is 12.7. The monoisotopic (exact) mass is 431 g/mol. The van der Waals surface area contributed by atoms with E-state index in [-0.39, 0.29) is 5.75 Å². The molecule has 29 heavy (non-hydrogen) atoms. The van der Waals surface area contributed by atoms with Gasteiger partial charge in [-0.05, 0) is 24.1 Å². The van der Waals surface area contributed by atoms with Crippen molar-refractivity contribution in [3.05, 3.63) is 60.4 Å². The minimum Gasteiger partial charge on any atom is -0.296 e. The van der Waals surface area contributed by atoms with Crippen molar-refractivity contribution < 1.29 is 8.42 Å². The second-order valence-electron chi connectivity index (χ2n) is 7.08. The highest BCUT2D eigenvalue weighted by atomic mass is 32.2. The number of hydrogen-bond donors (Lipinski definition) is 0. The predicted octanol–water partition coefficient (Wildman–Crippen LogP) is 2.36. The van der Waals surface area contributed by atoms with Crippen LogP contribution in [-0.4, -0.2) is 69.9 Å². The lowest BCUT2D eigenvalue weighted by Crippen LogP contribution is -2.48. The van der Waals surface area contributed by atoms with Gasteiger partial charge in [0.25, 0.3) is 0 Å². The Balaban J connectivity index is 1.21. The molecule has 0 unspecified atom stereocenters. The summed E-state index contributed by atoms with van der Waals surface area (Å²) in [4.78, 5) is 6.49. The summed E-state index contributed by atoms with van der Waals surface area (Å²) in [5.41, 5.74) is 2.08. The molecule has 7 nitrogen and oxygen atoms in total. The van der Waals surface area contributed by atoms with Crippen molar-refractivity contribution in [1.29, 1.82) is 0 Å². The summed E-state index contributed by atoms with van der Waals surface area (Å²) in [5.74, 6) is 0.909. The second kappa shape index (κ2) is 9.25. The predicted molar refractivity (Wildman–Crippen MR) is 115 cm³/mol. The van der Waals surface area contributed by atoms with Crippen LogP contribution in [0, 0.1) is 0 Å². The molecule has 1 aliphatic rings. The van der Waals surface area contributed by atoms with Gasteiger partial charge in [0.15, 0.2) is 5.65 Å². The molecule has 0 saturated carbocycles. The van der Waals surface area contributed by atoms with Crippen LogP contribution >= 0.6 is 11.8 Å². The number of sulfonamides is 1. The zero-order valence-corrected chi connectivity index (χ0v) is 17.9. The molecule has 154 valence electrons. The molecule has 0 aliphatic carbocycles. The van der Waals surface area contributed by atoms with Gasteiger partial charge < -0.3 is 0 Å². The molecule has 0 amide bonds. The van der Waals surface area contributed by atoms with Crippen molar-refractivity contribution in [1.82, 2.24) is 23.8 Å². The Labute approximate surface area is 175 Å². The Morgan fingerprint density at radius 3 is 2.59 bits per heavy atom. The molecule has 0 spiro atoms. The van der Waals surface area contributed by atoms with Gasteiger partial charge in [-0.15, -0.1) is 11.8 Å². The summed E-state index contributed by atoms with van der Waals surface area (Å²) >= 11 is 1.58. The molecule has 0 N–H and O–H groups in total. The minimum absolute atomic E-state index is 0.187. The Morgan fingerprint density at radius 2 is 1.79 bits per heavy atom. The molecule has 0 atom stereocenters. The van der Waals surface area contributed by atoms with E-state index in [9.17, 15) is 8.42 Å². The fourth-order valence-electron chi connectivity index (χ4n) is 3.43. The van der Waals surface area contributed by atoms with E-state index in [0.717, 1.165) is 36.1 Å². The molecule has 3 aromatic rings. The summed E-state index contributed by atoms with van der Waals surface area (Å²) in [6.07, 6.45) is 4.13. The summed E-state index contributed by atoms with van der Waals surface area (Å²) in [7, 11) is -3.20. The molecule has 4 rings (SSSR count). The van der Waals surface area contributed by atoms with Crippen molar-refractivity contribution >= 4 is 27.4 Å². The normalized spacial score (nSPS) is 16.4. The van der Waals surface area contributed by atoms with E-state index in [2.05, 4.69) is 27.1 Å². The summed E-state index contributed by atoms with van der Waals surface area (Å²) < 4.78 is 28.7. The van der Waals surface area contributed by atoms with Crippen LogP contribution in [0.5, 0.6) is 0 Å². The molecule has 3 heterocycles. The third kappa shape index (κ3) is 5.36. The first-order valence-corrected chi connectivity index (χ1v) is 12.4. The molecule has 0 bridgehead atoms. The van der Waals surface area contributed by atoms with E-state index in [1.54, 1.807) is 33.0 Å². The van der Waals surface area contributed by atoms with E-state index < -0.39 is 10.0 Å². The average Bonchev–Trinajstić information content (AvgIpc) is 3.20. The zero-order valence-electron chi connectivity index (χ0n) is 16.2. The molecule has 1 fully saturated rings. The number of fused-ring (bicyclic) bond motifs is 1. The smallest absolute Gasteiger partial charge is 0.214 e. The van der Waals surface area contributed by atoms with Crippen molar-refractivity contribution in [2.75, 3.05) is 37.7 Å². The second-order valence-corrected chi connectivity index (χ2v) is 10.3. The highest BCUT2D eigenvalue weighted by Gasteiger charge is 2.26. The minimum atomic E-state index is -3.20. The average molecular weight is 432 g/mol. The molecular weight excluding hydrogens is 406 g/mol. The third-order valence-electron chi connectivity index (χ3n) is 5.00. The molecule has 1 aliphatic heterocycles. The van der Waals surface area contributed by atoms with Crippen LogP contribution in [0.15, 0.2) is 59.9 Å². The van der Waals surface area contributed by atoms with Gasteiger partial charge in [-0.25, -0.2) is 17.9 Å². The van der Waals surface area contributed by atoms with E-state index in [0.29, 0.717) is 19.5 Å². The number of piperazine rings is 1. The Hall–Kier alpha value is -1.94. The van der Waals surface area contributed by atoms with E-state index in [1.165, 1.54) is 5.56 Å². The van der Waals surface area contributed by atoms with Crippen molar-refractivity contribution in [3.8, 4) is 0 Å². The zero-order chi connectivity index (χ0) is 20.1. The molecule has 1 saturated heterocycles. The van der Waals surface area contributed by atoms with Crippen LogP contribution in [0.3, 0.4) is 0 Å². The number of benzene rings is 1. The van der Waals surface area contributed by atoms with E-state index >= 15 is 0 Å². The van der Waals surface area contributed by atoms with Gasteiger partial charge in [-0.2, -0.15) is 9.40 Å². The fraction of sp³-hybridized carbons (Fsp3) is 0.400. The number of nitrogens with zero attached hydrogens (tertiary/aromatic N) is 5. The maximum Gasteiger partial charge on any atom is 0.214 e. The summed E-state index contributed by atoms with van der Waals surface area (Å²) in [5, 5.41) is 5.33. The van der Waals surface area contributed by atoms with Gasteiger partial charge in [0.1, 0.15) is 5.03 Å². The molecule has 0 radical (unpaired) electrons. The highest BCUT2D eigenvalue weighted by molar-refractivity contribution is 7.99. The third-order valence-corrected chi connectivity index (χ3v) is 7.96. The van der Waals surface area contributed by atoms with Gasteiger partial charge in [0.2, 0.25) is 10.0 Å². The molecule has 9 heteroatoms. The SMILES string of the molecule is O=S(=O)(CCCSc1ccc2nccn2n1)N1CCN(Cc2ccccc2)CC1. The first-order chi connectivity index (χ1) is 14.1. The quantitative estimate of drug-likeness (QED) is 0.403. The molecular formula is C20H25N5O2S2. The van der Waals surface area contributed by atoms with Crippen LogP contribution in [0.1, 0.15) is 12.0 Å². The lowest BCUT2D eigenvalue weighted by atomic mass is 10.2. The molecule has 1 aromatic carbocycles. The summed E-state index contributed by atoms with van der Waals surface area (Å²) in [6.45, 7) is 3.57. The fourth-order valence-corrected chi connectivity index (χ4v) is 5.91. The van der Waals surface area contributed by atoms with Crippen molar-refractivity contribution in [2.24, 2.45) is 0 Å². The lowest BCUT2D eigenvalue weighted by Gasteiger charge is -2.34. The molecule has 2 aromatic heterocycles. The van der Waals surface area contributed by atoms with E-state index in [1.807, 2.05) is 30.3 Å². The Morgan fingerprint density at radius 1 is 1.00 bits per heavy atom. The van der Waals surface area contributed by atoms with E-state index in [4.69, 9.17) is 0 Å². The standard InChI is InChI=1S/C20H25N5O2S2/c26-29(27,16-4-15-28-20-8-7-19-21-9-10-25(19)22-20)24-13-11-23(12-14-24)17-18-5-2-1-3-6-18/h1-3,5-10H,4,11-17H2. The van der Waals surface area contributed by atoms with Gasteiger partial charge in [0.05, 0.1) is 5.75 Å². The topological polar surface area (TPSA) is 70.8 Å². The van der Waals surface area contributed by atoms with Crippen LogP contribution in [0.4, 0.5) is 0 Å². The van der Waals surface area contributed by atoms with Gasteiger partial charge in [-0.1, -0.05) is 30.3 Å². The first-order valence-electron chi connectivity index (χ1n) is 9.77. The number of imidazole rings is 1. The van der Waals surface area contributed by atoms with Crippen LogP contribution in [-0.2, 0) is 16.6 Å². The number of hydrogen-bond acceptors (Lipinski definition) is 6. The lowest BCUT2D eigenvalue weighted by molar-refractivity contribution is 0.181. The Bertz CT molecular complexity index is 1030. The number of aromatic nitrogens is 3. The van der Waals surface area contributed by atoms with Gasteiger partial charge >= 0.3 is 0 Å². The van der Waals surface area contributed by atoms with Crippen LogP contribution in [0.25, 0.3) is 5.65 Å². The van der Waals surface area contributed by atoms with Crippen molar-refractivity contribution in [2.45, 2.75) is 18.0 Å². The summed E-state index contributed by atoms with van der Waals surface area (Å²) in [6, 6.07) is 14.2. The number of rotatable bonds is 8. The van der Waals surface area contributed by atoms with Gasteiger partial charge in [-0.3, -0.25) is 4.90 Å². The maximum atomic E-state index is 12.7. The highest BCUT2D eigenvalue weighted by Crippen LogP contribution is 2.18. The van der Waals surface area contributed by atoms with Crippen LogP contribution in [0.2, 0.25) is 0 Å². The van der Waals surface area contributed by atoms with Crippen LogP contribution < -0.4 is 0 Å². The first kappa shape index (κ1) is 20.3. The number of thioether (sulfide) groups is 1. The van der Waals surface area contributed by atoms with Crippen molar-refractivity contribution in [3.63, 3.8) is 0 Å². The Kier molecular flexibility index (Phi) is 6.49.